The van der Waals surface area contributed by atoms with Gasteiger partial charge in [-0.25, -0.2) is 0 Å². The van der Waals surface area contributed by atoms with Crippen molar-refractivity contribution < 1.29 is 0 Å². The van der Waals surface area contributed by atoms with E-state index in [4.69, 9.17) is 11.6 Å². The third-order valence-electron chi connectivity index (χ3n) is 2.90. The van der Waals surface area contributed by atoms with Gasteiger partial charge in [0.05, 0.1) is 0 Å². The molecule has 0 aliphatic carbocycles. The molecule has 1 aliphatic rings. The zero-order chi connectivity index (χ0) is 9.52. The predicted molar refractivity (Wildman–Crippen MR) is 59.3 cm³/mol. The Bertz CT molecular complexity index is 148. The van der Waals surface area contributed by atoms with Crippen LogP contribution in [0.3, 0.4) is 0 Å². The standard InChI is InChI=1S/C11H20ClN/c1-2-11-5-9-13(10-6-11)8-4-3-7-12/h3-4,11H,2,5-10H2,1H3. The number of hydrogen-bond acceptors (Lipinski definition) is 1. The maximum atomic E-state index is 5.56. The summed E-state index contributed by atoms with van der Waals surface area (Å²) in [5.41, 5.74) is 0. The highest BCUT2D eigenvalue weighted by atomic mass is 35.5. The molecular weight excluding hydrogens is 182 g/mol. The third kappa shape index (κ3) is 4.15. The minimum Gasteiger partial charge on any atom is -0.300 e. The quantitative estimate of drug-likeness (QED) is 0.500. The van der Waals surface area contributed by atoms with Crippen molar-refractivity contribution in [2.24, 2.45) is 5.92 Å². The number of allylic oxidation sites excluding steroid dienone is 1. The second kappa shape index (κ2) is 6.44. The lowest BCUT2D eigenvalue weighted by Gasteiger charge is -2.30. The molecule has 2 heteroatoms. The maximum absolute atomic E-state index is 5.56. The van der Waals surface area contributed by atoms with E-state index in [0.717, 1.165) is 12.5 Å². The summed E-state index contributed by atoms with van der Waals surface area (Å²) < 4.78 is 0. The van der Waals surface area contributed by atoms with Crippen LogP contribution in [0.5, 0.6) is 0 Å². The highest BCUT2D eigenvalue weighted by Crippen LogP contribution is 2.19. The van der Waals surface area contributed by atoms with Gasteiger partial charge in [-0.15, -0.1) is 11.6 Å². The highest BCUT2D eigenvalue weighted by molar-refractivity contribution is 6.18. The van der Waals surface area contributed by atoms with Crippen LogP contribution in [0.1, 0.15) is 26.2 Å². The van der Waals surface area contributed by atoms with Gasteiger partial charge < -0.3 is 0 Å². The van der Waals surface area contributed by atoms with Crippen LogP contribution in [0.25, 0.3) is 0 Å². The molecule has 1 saturated heterocycles. The second-order valence-electron chi connectivity index (χ2n) is 3.78. The molecule has 0 atom stereocenters. The number of piperidine rings is 1. The van der Waals surface area contributed by atoms with Crippen LogP contribution in [-0.4, -0.2) is 30.4 Å². The summed E-state index contributed by atoms with van der Waals surface area (Å²) in [4.78, 5) is 2.51. The predicted octanol–water partition coefficient (Wildman–Crippen LogP) is 2.90. The van der Waals surface area contributed by atoms with E-state index in [0.29, 0.717) is 5.88 Å². The van der Waals surface area contributed by atoms with E-state index >= 15 is 0 Å². The van der Waals surface area contributed by atoms with Crippen LogP contribution < -0.4 is 0 Å². The van der Waals surface area contributed by atoms with Crippen LogP contribution in [0.2, 0.25) is 0 Å². The molecule has 0 N–H and O–H groups in total. The van der Waals surface area contributed by atoms with Gasteiger partial charge in [0.1, 0.15) is 0 Å². The van der Waals surface area contributed by atoms with Gasteiger partial charge in [-0.2, -0.15) is 0 Å². The molecule has 0 aromatic carbocycles. The molecule has 0 saturated carbocycles. The van der Waals surface area contributed by atoms with Crippen molar-refractivity contribution in [3.63, 3.8) is 0 Å². The summed E-state index contributed by atoms with van der Waals surface area (Å²) >= 11 is 5.56. The van der Waals surface area contributed by atoms with Crippen LogP contribution in [0.4, 0.5) is 0 Å². The van der Waals surface area contributed by atoms with Crippen molar-refractivity contribution >= 4 is 11.6 Å². The Morgan fingerprint density at radius 3 is 2.54 bits per heavy atom. The zero-order valence-corrected chi connectivity index (χ0v) is 9.26. The lowest BCUT2D eigenvalue weighted by atomic mass is 9.94. The Labute approximate surface area is 86.8 Å². The van der Waals surface area contributed by atoms with Gasteiger partial charge >= 0.3 is 0 Å². The number of halogens is 1. The zero-order valence-electron chi connectivity index (χ0n) is 8.51. The van der Waals surface area contributed by atoms with Gasteiger partial charge in [-0.3, -0.25) is 4.90 Å². The van der Waals surface area contributed by atoms with Crippen LogP contribution in [0, 0.1) is 5.92 Å². The maximum Gasteiger partial charge on any atom is 0.0404 e. The molecule has 0 amide bonds. The Morgan fingerprint density at radius 2 is 2.00 bits per heavy atom. The van der Waals surface area contributed by atoms with Crippen molar-refractivity contribution in [1.82, 2.24) is 4.90 Å². The monoisotopic (exact) mass is 201 g/mol. The van der Waals surface area contributed by atoms with E-state index in [2.05, 4.69) is 17.9 Å². The SMILES string of the molecule is CCC1CCN(CC=CCCl)CC1. The molecule has 1 rings (SSSR count). The summed E-state index contributed by atoms with van der Waals surface area (Å²) in [5, 5.41) is 0. The first-order chi connectivity index (χ1) is 6.36. The summed E-state index contributed by atoms with van der Waals surface area (Å²) in [5.74, 6) is 1.62. The highest BCUT2D eigenvalue weighted by Gasteiger charge is 2.15. The molecule has 1 fully saturated rings. The van der Waals surface area contributed by atoms with Gasteiger partial charge in [-0.1, -0.05) is 25.5 Å². The summed E-state index contributed by atoms with van der Waals surface area (Å²) in [6, 6.07) is 0. The van der Waals surface area contributed by atoms with Crippen molar-refractivity contribution in [3.8, 4) is 0 Å². The average Bonchev–Trinajstić information content (AvgIpc) is 2.19. The minimum atomic E-state index is 0.644. The fraction of sp³-hybridized carbons (Fsp3) is 0.818. The molecule has 0 aromatic heterocycles. The van der Waals surface area contributed by atoms with Gasteiger partial charge in [0.15, 0.2) is 0 Å². The van der Waals surface area contributed by atoms with E-state index < -0.39 is 0 Å². The molecule has 0 unspecified atom stereocenters. The van der Waals surface area contributed by atoms with Crippen molar-refractivity contribution in [1.29, 1.82) is 0 Å². The topological polar surface area (TPSA) is 3.24 Å². The second-order valence-corrected chi connectivity index (χ2v) is 4.09. The Morgan fingerprint density at radius 1 is 1.31 bits per heavy atom. The number of alkyl halides is 1. The molecule has 13 heavy (non-hydrogen) atoms. The molecular formula is C11H20ClN. The first kappa shape index (κ1) is 11.1. The molecule has 1 nitrogen and oxygen atoms in total. The normalized spacial score (nSPS) is 21.4. The third-order valence-corrected chi connectivity index (χ3v) is 3.08. The average molecular weight is 202 g/mol. The van der Waals surface area contributed by atoms with Gasteiger partial charge in [-0.05, 0) is 31.8 Å². The Balaban J connectivity index is 2.14. The molecule has 0 aromatic rings. The van der Waals surface area contributed by atoms with Crippen molar-refractivity contribution in [3.05, 3.63) is 12.2 Å². The lowest BCUT2D eigenvalue weighted by molar-refractivity contribution is 0.198. The van der Waals surface area contributed by atoms with E-state index in [1.807, 2.05) is 6.08 Å². The van der Waals surface area contributed by atoms with E-state index in [1.54, 1.807) is 0 Å². The largest absolute Gasteiger partial charge is 0.300 e. The minimum absolute atomic E-state index is 0.644. The number of likely N-dealkylation sites (tertiary alicyclic amines) is 1. The van der Waals surface area contributed by atoms with E-state index in [1.165, 1.54) is 32.4 Å². The molecule has 0 spiro atoms. The number of nitrogens with zero attached hydrogens (tertiary/aromatic N) is 1. The van der Waals surface area contributed by atoms with Crippen LogP contribution in [0.15, 0.2) is 12.2 Å². The summed E-state index contributed by atoms with van der Waals surface area (Å²) in [7, 11) is 0. The first-order valence-electron chi connectivity index (χ1n) is 5.30. The Kier molecular flexibility index (Phi) is 5.49. The summed E-state index contributed by atoms with van der Waals surface area (Å²) in [6.45, 7) is 5.92. The van der Waals surface area contributed by atoms with Crippen molar-refractivity contribution in [2.45, 2.75) is 26.2 Å². The fourth-order valence-electron chi connectivity index (χ4n) is 1.86. The van der Waals surface area contributed by atoms with E-state index in [-0.39, 0.29) is 0 Å². The first-order valence-corrected chi connectivity index (χ1v) is 5.83. The van der Waals surface area contributed by atoms with Crippen LogP contribution >= 0.6 is 11.6 Å². The van der Waals surface area contributed by atoms with Crippen LogP contribution in [-0.2, 0) is 0 Å². The molecule has 0 radical (unpaired) electrons. The number of rotatable bonds is 4. The molecule has 0 bridgehead atoms. The van der Waals surface area contributed by atoms with Gasteiger partial charge in [0.25, 0.3) is 0 Å². The van der Waals surface area contributed by atoms with Gasteiger partial charge in [0, 0.05) is 12.4 Å². The summed E-state index contributed by atoms with van der Waals surface area (Å²) in [6.07, 6.45) is 8.33. The fourth-order valence-corrected chi connectivity index (χ4v) is 1.99. The Hall–Kier alpha value is -0.0100. The number of hydrogen-bond donors (Lipinski definition) is 0. The smallest absolute Gasteiger partial charge is 0.0404 e. The molecule has 1 aliphatic heterocycles. The van der Waals surface area contributed by atoms with E-state index in [9.17, 15) is 0 Å². The van der Waals surface area contributed by atoms with Crippen molar-refractivity contribution in [2.75, 3.05) is 25.5 Å². The lowest BCUT2D eigenvalue weighted by Crippen LogP contribution is -2.33. The molecule has 76 valence electrons. The van der Waals surface area contributed by atoms with Gasteiger partial charge in [0.2, 0.25) is 0 Å². The molecule has 1 heterocycles.